The molecule has 0 fully saturated rings. The lowest BCUT2D eigenvalue weighted by molar-refractivity contribution is 0.852. The first-order valence-corrected chi connectivity index (χ1v) is 20.6. The van der Waals surface area contributed by atoms with Crippen LogP contribution >= 0.6 is 0 Å². The number of aryl methyl sites for hydroxylation is 1. The van der Waals surface area contributed by atoms with Crippen LogP contribution in [0, 0.1) is 6.92 Å². The molecule has 0 amide bonds. The molecule has 1 aliphatic heterocycles. The van der Waals surface area contributed by atoms with E-state index in [1.807, 2.05) is 6.07 Å². The van der Waals surface area contributed by atoms with E-state index >= 15 is 0 Å². The van der Waals surface area contributed by atoms with E-state index in [0.29, 0.717) is 18.3 Å². The lowest BCUT2D eigenvalue weighted by Crippen LogP contribution is -2.20. The van der Waals surface area contributed by atoms with E-state index in [4.69, 9.17) is 9.98 Å². The number of anilines is 2. The molecule has 0 bridgehead atoms. The normalized spacial score (nSPS) is 15.1. The van der Waals surface area contributed by atoms with Crippen molar-refractivity contribution in [1.29, 1.82) is 0 Å². The lowest BCUT2D eigenvalue weighted by Gasteiger charge is -2.35. The molecule has 288 valence electrons. The third-order valence-electron chi connectivity index (χ3n) is 12.0. The van der Waals surface area contributed by atoms with Gasteiger partial charge < -0.3 is 4.90 Å². The number of aliphatic imine (C=N–C) groups is 2. The molecule has 1 aliphatic carbocycles. The molecule has 2 heterocycles. The summed E-state index contributed by atoms with van der Waals surface area (Å²) in [5.74, 6) is 1.11. The molecule has 8 aromatic rings. The molecular weight excluding hydrogens is 729 g/mol. The summed E-state index contributed by atoms with van der Waals surface area (Å²) in [5, 5.41) is 2.26. The van der Waals surface area contributed by atoms with Crippen LogP contribution < -0.4 is 4.90 Å². The third-order valence-corrected chi connectivity index (χ3v) is 12.0. The molecule has 0 radical (unpaired) electrons. The van der Waals surface area contributed by atoms with Crippen LogP contribution in [-0.4, -0.2) is 17.0 Å². The predicted molar refractivity (Wildman–Crippen MR) is 255 cm³/mol. The van der Waals surface area contributed by atoms with Crippen molar-refractivity contribution < 1.29 is 0 Å². The second-order valence-corrected chi connectivity index (χ2v) is 15.6. The van der Waals surface area contributed by atoms with Crippen LogP contribution in [0.15, 0.2) is 211 Å². The Bertz CT molecular complexity index is 3070. The van der Waals surface area contributed by atoms with Crippen molar-refractivity contribution in [2.75, 3.05) is 4.90 Å². The van der Waals surface area contributed by atoms with Crippen molar-refractivity contribution >= 4 is 57.1 Å². The SMILES string of the molecule is C=N/C(=C\C(=NCc1ccc(C2C=CC=CC2)cc1)c1ccc(-c2ccccc2)cc1)n1c2ccccc2c2cc3c(cc21)-c1ccccc1C(=C)N3c1ccccc1C. The number of benzene rings is 7. The van der Waals surface area contributed by atoms with Crippen molar-refractivity contribution in [3.05, 3.63) is 229 Å². The van der Waals surface area contributed by atoms with Gasteiger partial charge in [0.1, 0.15) is 5.82 Å². The smallest absolute Gasteiger partial charge is 0.138 e. The number of fused-ring (bicyclic) bond motifs is 6. The monoisotopic (exact) mass is 772 g/mol. The molecule has 7 aromatic carbocycles. The number of hydrogen-bond acceptors (Lipinski definition) is 3. The summed E-state index contributed by atoms with van der Waals surface area (Å²) in [5.41, 5.74) is 16.5. The molecule has 0 N–H and O–H groups in total. The second kappa shape index (κ2) is 15.7. The Balaban J connectivity index is 1.13. The summed E-state index contributed by atoms with van der Waals surface area (Å²) in [6.45, 7) is 11.5. The number of nitrogens with zero attached hydrogens (tertiary/aromatic N) is 4. The van der Waals surface area contributed by atoms with E-state index in [1.54, 1.807) is 0 Å². The second-order valence-electron chi connectivity index (χ2n) is 15.6. The van der Waals surface area contributed by atoms with Gasteiger partial charge in [0.2, 0.25) is 0 Å². The molecule has 4 nitrogen and oxygen atoms in total. The predicted octanol–water partition coefficient (Wildman–Crippen LogP) is 14.3. The Labute approximate surface area is 351 Å². The van der Waals surface area contributed by atoms with Crippen molar-refractivity contribution in [3.8, 4) is 22.3 Å². The van der Waals surface area contributed by atoms with Gasteiger partial charge in [-0.1, -0.05) is 170 Å². The maximum Gasteiger partial charge on any atom is 0.138 e. The summed E-state index contributed by atoms with van der Waals surface area (Å²) >= 11 is 0. The van der Waals surface area contributed by atoms with E-state index in [9.17, 15) is 0 Å². The molecule has 4 heteroatoms. The highest BCUT2D eigenvalue weighted by molar-refractivity contribution is 6.17. The van der Waals surface area contributed by atoms with Crippen LogP contribution in [0.4, 0.5) is 11.4 Å². The molecule has 0 spiro atoms. The fraction of sp³-hybridized carbons (Fsp3) is 0.0714. The Morgan fingerprint density at radius 2 is 1.38 bits per heavy atom. The first-order valence-electron chi connectivity index (χ1n) is 20.6. The Morgan fingerprint density at radius 1 is 0.667 bits per heavy atom. The van der Waals surface area contributed by atoms with Crippen molar-refractivity contribution in [2.45, 2.75) is 25.8 Å². The standard InChI is InChI=1S/C56H44N4/c1-38-16-10-14-24-52(38)59-39(2)46-21-11-12-22-47(46)49-34-55-50(35-54(49)59)48-23-13-15-25-53(48)60(55)56(57-3)36-51(45-32-30-44(31-33-45)42-19-8-5-9-20-42)58-37-40-26-28-43(29-27-40)41-17-6-4-7-18-41/h4-17,19-36,41H,2-3,18,37H2,1H3/b56-36+,58-51?. The van der Waals surface area contributed by atoms with Gasteiger partial charge in [0.25, 0.3) is 0 Å². The third kappa shape index (κ3) is 6.62. The molecule has 0 saturated heterocycles. The van der Waals surface area contributed by atoms with E-state index in [0.717, 1.165) is 84.4 Å². The molecule has 1 aromatic heterocycles. The zero-order valence-electron chi connectivity index (χ0n) is 33.7. The van der Waals surface area contributed by atoms with Gasteiger partial charge in [-0.3, -0.25) is 9.56 Å². The number of aromatic nitrogens is 1. The van der Waals surface area contributed by atoms with Crippen LogP contribution in [0.25, 0.3) is 55.6 Å². The van der Waals surface area contributed by atoms with Gasteiger partial charge in [0, 0.05) is 45.3 Å². The molecule has 0 saturated carbocycles. The van der Waals surface area contributed by atoms with Crippen LogP contribution in [0.3, 0.4) is 0 Å². The van der Waals surface area contributed by atoms with Gasteiger partial charge in [0.05, 0.1) is 29.0 Å². The fourth-order valence-electron chi connectivity index (χ4n) is 8.84. The van der Waals surface area contributed by atoms with Crippen molar-refractivity contribution in [3.63, 3.8) is 0 Å². The highest BCUT2D eigenvalue weighted by atomic mass is 15.2. The van der Waals surface area contributed by atoms with Gasteiger partial charge >= 0.3 is 0 Å². The minimum Gasteiger partial charge on any atom is -0.310 e. The lowest BCUT2D eigenvalue weighted by atomic mass is 9.89. The number of hydrogen-bond donors (Lipinski definition) is 0. The molecule has 1 atom stereocenters. The number of allylic oxidation sites excluding steroid dienone is 5. The number of rotatable bonds is 9. The van der Waals surface area contributed by atoms with Crippen molar-refractivity contribution in [1.82, 2.24) is 4.57 Å². The molecule has 60 heavy (non-hydrogen) atoms. The summed E-state index contributed by atoms with van der Waals surface area (Å²) < 4.78 is 2.25. The van der Waals surface area contributed by atoms with Crippen LogP contribution in [0.2, 0.25) is 0 Å². The summed E-state index contributed by atoms with van der Waals surface area (Å²) in [7, 11) is 0. The average molecular weight is 773 g/mol. The van der Waals surface area contributed by atoms with Crippen molar-refractivity contribution in [2.24, 2.45) is 9.98 Å². The molecule has 10 rings (SSSR count). The van der Waals surface area contributed by atoms with Gasteiger partial charge in [-0.15, -0.1) is 0 Å². The highest BCUT2D eigenvalue weighted by Crippen LogP contribution is 2.50. The Morgan fingerprint density at radius 3 is 2.15 bits per heavy atom. The van der Waals surface area contributed by atoms with E-state index in [2.05, 4.69) is 218 Å². The summed E-state index contributed by atoms with van der Waals surface area (Å²) in [6.07, 6.45) is 11.9. The first kappa shape index (κ1) is 36.8. The van der Waals surface area contributed by atoms with E-state index < -0.39 is 0 Å². The Hall–Kier alpha value is -7.56. The molecule has 1 unspecified atom stereocenters. The fourth-order valence-corrected chi connectivity index (χ4v) is 8.84. The maximum absolute atomic E-state index is 5.32. The van der Waals surface area contributed by atoms with Crippen LogP contribution in [0.1, 0.15) is 40.2 Å². The minimum absolute atomic E-state index is 0.407. The highest BCUT2D eigenvalue weighted by Gasteiger charge is 2.29. The van der Waals surface area contributed by atoms with Gasteiger partial charge in [-0.25, -0.2) is 4.99 Å². The zero-order valence-corrected chi connectivity index (χ0v) is 33.7. The quantitative estimate of drug-likeness (QED) is 0.135. The van der Waals surface area contributed by atoms with E-state index in [1.165, 1.54) is 16.7 Å². The number of para-hydroxylation sites is 2. The van der Waals surface area contributed by atoms with Crippen LogP contribution in [-0.2, 0) is 6.54 Å². The summed E-state index contributed by atoms with van der Waals surface area (Å²) in [6, 6.07) is 58.4. The minimum atomic E-state index is 0.407. The first-order chi connectivity index (χ1) is 29.6. The largest absolute Gasteiger partial charge is 0.310 e. The van der Waals surface area contributed by atoms with Gasteiger partial charge in [0.15, 0.2) is 0 Å². The van der Waals surface area contributed by atoms with E-state index in [-0.39, 0.29) is 0 Å². The Kier molecular flexibility index (Phi) is 9.59. The summed E-state index contributed by atoms with van der Waals surface area (Å²) in [4.78, 5) is 12.4. The van der Waals surface area contributed by atoms with Gasteiger partial charge in [-0.05, 0) is 83.3 Å². The zero-order chi connectivity index (χ0) is 40.6. The maximum atomic E-state index is 5.32. The molecular formula is C56H44N4. The van der Waals surface area contributed by atoms with Crippen LogP contribution in [0.5, 0.6) is 0 Å². The molecule has 2 aliphatic rings. The average Bonchev–Trinajstić information content (AvgIpc) is 3.63. The van der Waals surface area contributed by atoms with Gasteiger partial charge in [-0.2, -0.15) is 0 Å². The topological polar surface area (TPSA) is 32.9 Å².